The second-order valence-corrected chi connectivity index (χ2v) is 3.28. The minimum absolute atomic E-state index is 0.224. The number of alkyl halides is 1. The molecule has 0 spiro atoms. The van der Waals surface area contributed by atoms with Crippen molar-refractivity contribution in [2.45, 2.75) is 25.6 Å². The van der Waals surface area contributed by atoms with Gasteiger partial charge in [-0.2, -0.15) is 0 Å². The zero-order valence-electron chi connectivity index (χ0n) is 7.40. The summed E-state index contributed by atoms with van der Waals surface area (Å²) in [5.41, 5.74) is 0. The van der Waals surface area contributed by atoms with Gasteiger partial charge in [0.1, 0.15) is 0 Å². The summed E-state index contributed by atoms with van der Waals surface area (Å²) in [6.07, 6.45) is 1.07. The molecule has 0 aliphatic heterocycles. The van der Waals surface area contributed by atoms with E-state index in [0.717, 1.165) is 32.7 Å². The van der Waals surface area contributed by atoms with Crippen molar-refractivity contribution in [3.05, 3.63) is 0 Å². The molecule has 0 fully saturated rings. The first-order valence-electron chi connectivity index (χ1n) is 4.20. The maximum atomic E-state index is 5.72. The second-order valence-electron chi connectivity index (χ2n) is 2.54. The van der Waals surface area contributed by atoms with Crippen LogP contribution in [-0.2, 0) is 4.74 Å². The van der Waals surface area contributed by atoms with E-state index in [1.165, 1.54) is 0 Å². The highest BCUT2D eigenvalue weighted by molar-refractivity contribution is 6.20. The molecule has 0 aromatic carbocycles. The molecule has 1 atom stereocenters. The lowest BCUT2D eigenvalue weighted by Gasteiger charge is -2.05. The number of rotatable bonds is 7. The first-order valence-corrected chi connectivity index (χ1v) is 4.63. The van der Waals surface area contributed by atoms with Crippen LogP contribution in [0.1, 0.15) is 20.3 Å². The van der Waals surface area contributed by atoms with E-state index in [9.17, 15) is 0 Å². The number of halogens is 1. The van der Waals surface area contributed by atoms with E-state index in [2.05, 4.69) is 5.32 Å². The molecule has 0 saturated carbocycles. The molecule has 11 heavy (non-hydrogen) atoms. The molecule has 3 heteroatoms. The largest absolute Gasteiger partial charge is 0.382 e. The van der Waals surface area contributed by atoms with Gasteiger partial charge in [0.15, 0.2) is 0 Å². The van der Waals surface area contributed by atoms with Crippen LogP contribution < -0.4 is 5.32 Å². The van der Waals surface area contributed by atoms with Gasteiger partial charge in [-0.1, -0.05) is 0 Å². The van der Waals surface area contributed by atoms with E-state index in [0.29, 0.717) is 0 Å². The van der Waals surface area contributed by atoms with Crippen LogP contribution in [0.4, 0.5) is 0 Å². The first kappa shape index (κ1) is 11.2. The number of ether oxygens (including phenoxy) is 1. The fourth-order valence-corrected chi connectivity index (χ4v) is 0.854. The van der Waals surface area contributed by atoms with Crippen LogP contribution in [0.5, 0.6) is 0 Å². The van der Waals surface area contributed by atoms with Gasteiger partial charge >= 0.3 is 0 Å². The summed E-state index contributed by atoms with van der Waals surface area (Å²) in [5.74, 6) is 0. The van der Waals surface area contributed by atoms with Crippen molar-refractivity contribution in [3.63, 3.8) is 0 Å². The SMILES string of the molecule is CCOCCCNCC(C)Cl. The molecule has 0 heterocycles. The Balaban J connectivity index is 2.80. The Morgan fingerprint density at radius 2 is 2.27 bits per heavy atom. The molecule has 0 bridgehead atoms. The Morgan fingerprint density at radius 3 is 2.82 bits per heavy atom. The van der Waals surface area contributed by atoms with Crippen LogP contribution in [-0.4, -0.2) is 31.7 Å². The monoisotopic (exact) mass is 179 g/mol. The van der Waals surface area contributed by atoms with Gasteiger partial charge in [0.25, 0.3) is 0 Å². The Hall–Kier alpha value is 0.210. The summed E-state index contributed by atoms with van der Waals surface area (Å²) in [7, 11) is 0. The molecule has 0 amide bonds. The maximum Gasteiger partial charge on any atom is 0.0477 e. The van der Waals surface area contributed by atoms with Gasteiger partial charge < -0.3 is 10.1 Å². The molecule has 0 saturated heterocycles. The molecular formula is C8H18ClNO. The highest BCUT2D eigenvalue weighted by atomic mass is 35.5. The molecule has 1 N–H and O–H groups in total. The predicted molar refractivity (Wildman–Crippen MR) is 49.3 cm³/mol. The van der Waals surface area contributed by atoms with Crippen molar-refractivity contribution in [2.75, 3.05) is 26.3 Å². The summed E-state index contributed by atoms with van der Waals surface area (Å²) < 4.78 is 5.17. The Morgan fingerprint density at radius 1 is 1.55 bits per heavy atom. The molecule has 0 aromatic heterocycles. The van der Waals surface area contributed by atoms with Crippen LogP contribution in [0.25, 0.3) is 0 Å². The third-order valence-electron chi connectivity index (χ3n) is 1.27. The summed E-state index contributed by atoms with van der Waals surface area (Å²) in [6, 6.07) is 0. The zero-order chi connectivity index (χ0) is 8.53. The number of hydrogen-bond acceptors (Lipinski definition) is 2. The Bertz CT molecular complexity index is 78.5. The van der Waals surface area contributed by atoms with Gasteiger partial charge in [-0.25, -0.2) is 0 Å². The minimum atomic E-state index is 0.224. The summed E-state index contributed by atoms with van der Waals surface area (Å²) in [4.78, 5) is 0. The van der Waals surface area contributed by atoms with Gasteiger partial charge in [0.2, 0.25) is 0 Å². The lowest BCUT2D eigenvalue weighted by molar-refractivity contribution is 0.145. The fraction of sp³-hybridized carbons (Fsp3) is 1.00. The molecule has 0 radical (unpaired) electrons. The smallest absolute Gasteiger partial charge is 0.0477 e. The summed E-state index contributed by atoms with van der Waals surface area (Å²) >= 11 is 5.72. The molecule has 0 aliphatic rings. The lowest BCUT2D eigenvalue weighted by Crippen LogP contribution is -2.23. The quantitative estimate of drug-likeness (QED) is 0.474. The maximum absolute atomic E-state index is 5.72. The van der Waals surface area contributed by atoms with Crippen LogP contribution in [0.2, 0.25) is 0 Å². The van der Waals surface area contributed by atoms with E-state index >= 15 is 0 Å². The van der Waals surface area contributed by atoms with Gasteiger partial charge in [-0.15, -0.1) is 11.6 Å². The van der Waals surface area contributed by atoms with Gasteiger partial charge in [-0.3, -0.25) is 0 Å². The molecule has 0 rings (SSSR count). The highest BCUT2D eigenvalue weighted by Crippen LogP contribution is 1.89. The molecule has 0 aromatic rings. The molecule has 2 nitrogen and oxygen atoms in total. The minimum Gasteiger partial charge on any atom is -0.382 e. The third-order valence-corrected chi connectivity index (χ3v) is 1.43. The van der Waals surface area contributed by atoms with E-state index < -0.39 is 0 Å². The molecule has 0 aliphatic carbocycles. The molecule has 68 valence electrons. The second kappa shape index (κ2) is 8.31. The average molecular weight is 180 g/mol. The third kappa shape index (κ3) is 10.2. The Labute approximate surface area is 74.3 Å². The van der Waals surface area contributed by atoms with Gasteiger partial charge in [0.05, 0.1) is 0 Å². The van der Waals surface area contributed by atoms with Crippen molar-refractivity contribution in [1.29, 1.82) is 0 Å². The van der Waals surface area contributed by atoms with E-state index in [-0.39, 0.29) is 5.38 Å². The summed E-state index contributed by atoms with van der Waals surface area (Å²) in [5, 5.41) is 3.46. The number of nitrogens with one attached hydrogen (secondary N) is 1. The van der Waals surface area contributed by atoms with Crippen LogP contribution >= 0.6 is 11.6 Å². The van der Waals surface area contributed by atoms with Crippen molar-refractivity contribution >= 4 is 11.6 Å². The number of hydrogen-bond donors (Lipinski definition) is 1. The van der Waals surface area contributed by atoms with E-state index in [1.54, 1.807) is 0 Å². The normalized spacial score (nSPS) is 13.4. The Kier molecular flexibility index (Phi) is 8.47. The van der Waals surface area contributed by atoms with Crippen molar-refractivity contribution < 1.29 is 4.74 Å². The average Bonchev–Trinajstić information content (AvgIpc) is 1.96. The summed E-state index contributed by atoms with van der Waals surface area (Å²) in [6.45, 7) is 7.53. The van der Waals surface area contributed by atoms with Crippen LogP contribution in [0.3, 0.4) is 0 Å². The van der Waals surface area contributed by atoms with Crippen molar-refractivity contribution in [1.82, 2.24) is 5.32 Å². The fourth-order valence-electron chi connectivity index (χ4n) is 0.745. The van der Waals surface area contributed by atoms with Crippen molar-refractivity contribution in [3.8, 4) is 0 Å². The standard InChI is InChI=1S/C8H18ClNO/c1-3-11-6-4-5-10-7-8(2)9/h8,10H,3-7H2,1-2H3. The van der Waals surface area contributed by atoms with Gasteiger partial charge in [-0.05, 0) is 26.8 Å². The predicted octanol–water partition coefficient (Wildman–Crippen LogP) is 1.63. The van der Waals surface area contributed by atoms with Gasteiger partial charge in [0, 0.05) is 25.1 Å². The van der Waals surface area contributed by atoms with Crippen molar-refractivity contribution in [2.24, 2.45) is 0 Å². The van der Waals surface area contributed by atoms with E-state index in [1.807, 2.05) is 13.8 Å². The highest BCUT2D eigenvalue weighted by Gasteiger charge is 1.93. The van der Waals surface area contributed by atoms with E-state index in [4.69, 9.17) is 16.3 Å². The zero-order valence-corrected chi connectivity index (χ0v) is 8.16. The molecule has 1 unspecified atom stereocenters. The van der Waals surface area contributed by atoms with Crippen LogP contribution in [0.15, 0.2) is 0 Å². The first-order chi connectivity index (χ1) is 5.27. The lowest BCUT2D eigenvalue weighted by atomic mass is 10.4. The van der Waals surface area contributed by atoms with Crippen LogP contribution in [0, 0.1) is 0 Å². The molecular weight excluding hydrogens is 162 g/mol. The topological polar surface area (TPSA) is 21.3 Å².